The summed E-state index contributed by atoms with van der Waals surface area (Å²) in [5, 5.41) is 21.3. The first-order chi connectivity index (χ1) is 14.1. The van der Waals surface area contributed by atoms with Crippen LogP contribution in [-0.4, -0.2) is 57.1 Å². The molecule has 0 saturated carbocycles. The Hall–Kier alpha value is -2.93. The van der Waals surface area contributed by atoms with Gasteiger partial charge in [-0.15, -0.1) is 16.4 Å². The van der Waals surface area contributed by atoms with Crippen LogP contribution in [0, 0.1) is 5.41 Å². The smallest absolute Gasteiger partial charge is 0.442 e. The third kappa shape index (κ3) is 9.61. The number of carbonyl (C=O) groups is 3. The van der Waals surface area contributed by atoms with Crippen LogP contribution >= 0.6 is 11.3 Å². The van der Waals surface area contributed by atoms with E-state index in [1.54, 1.807) is 41.5 Å². The molecule has 0 aliphatic heterocycles. The lowest BCUT2D eigenvalue weighted by Crippen LogP contribution is -2.44. The number of hydrogen-bond acceptors (Lipinski definition) is 9. The van der Waals surface area contributed by atoms with Crippen molar-refractivity contribution in [1.29, 1.82) is 5.41 Å². The number of hydroxylamine groups is 2. The first-order valence-electron chi connectivity index (χ1n) is 9.27. The minimum Gasteiger partial charge on any atom is -0.476 e. The number of ether oxygens (including phenoxy) is 2. The molecule has 1 aromatic rings. The van der Waals surface area contributed by atoms with Crippen molar-refractivity contribution in [1.82, 2.24) is 15.4 Å². The standard InChI is InChI=1S/C18H29N5O7S/c1-17(2,3)29-15(26)22-10(12-21-11(9-31-12)13(24)25)7-8-28-23(14(19)20)16(27)30-18(4,5)6/h9-10H,7-8H2,1-6H3,(H3,19,20)(H,22,26)(H,24,25)/t10-/m0/s1. The summed E-state index contributed by atoms with van der Waals surface area (Å²) >= 11 is 1.04. The largest absolute Gasteiger partial charge is 0.476 e. The van der Waals surface area contributed by atoms with Gasteiger partial charge in [-0.3, -0.25) is 10.2 Å². The quantitative estimate of drug-likeness (QED) is 0.271. The number of hydrogen-bond donors (Lipinski definition) is 4. The minimum atomic E-state index is -1.21. The minimum absolute atomic E-state index is 0.0679. The second-order valence-electron chi connectivity index (χ2n) is 8.36. The van der Waals surface area contributed by atoms with E-state index in [1.807, 2.05) is 0 Å². The fourth-order valence-corrected chi connectivity index (χ4v) is 2.92. The van der Waals surface area contributed by atoms with Crippen LogP contribution < -0.4 is 11.1 Å². The summed E-state index contributed by atoms with van der Waals surface area (Å²) in [7, 11) is 0. The van der Waals surface area contributed by atoms with E-state index in [4.69, 9.17) is 30.6 Å². The average Bonchev–Trinajstić information content (AvgIpc) is 3.03. The van der Waals surface area contributed by atoms with E-state index < -0.39 is 41.4 Å². The second kappa shape index (κ2) is 10.4. The molecule has 0 spiro atoms. The van der Waals surface area contributed by atoms with Gasteiger partial charge >= 0.3 is 18.2 Å². The van der Waals surface area contributed by atoms with Gasteiger partial charge in [-0.25, -0.2) is 19.4 Å². The lowest BCUT2D eigenvalue weighted by molar-refractivity contribution is -0.103. The Morgan fingerprint density at radius 2 is 1.81 bits per heavy atom. The first-order valence-corrected chi connectivity index (χ1v) is 10.2. The molecule has 31 heavy (non-hydrogen) atoms. The molecule has 0 fully saturated rings. The Balaban J connectivity index is 2.90. The lowest BCUT2D eigenvalue weighted by Gasteiger charge is -2.26. The molecule has 174 valence electrons. The van der Waals surface area contributed by atoms with Crippen LogP contribution in [0.25, 0.3) is 0 Å². The van der Waals surface area contributed by atoms with Crippen molar-refractivity contribution in [3.05, 3.63) is 16.1 Å². The number of aromatic nitrogens is 1. The summed E-state index contributed by atoms with van der Waals surface area (Å²) in [5.74, 6) is -1.89. The van der Waals surface area contributed by atoms with Gasteiger partial charge in [0.15, 0.2) is 5.69 Å². The van der Waals surface area contributed by atoms with Gasteiger partial charge < -0.3 is 25.6 Å². The molecule has 1 atom stereocenters. The van der Waals surface area contributed by atoms with Crippen molar-refractivity contribution < 1.29 is 33.8 Å². The lowest BCUT2D eigenvalue weighted by atomic mass is 10.2. The molecule has 0 saturated heterocycles. The maximum absolute atomic E-state index is 12.2. The van der Waals surface area contributed by atoms with Crippen LogP contribution in [0.15, 0.2) is 5.38 Å². The molecule has 12 nitrogen and oxygen atoms in total. The molecular weight excluding hydrogens is 430 g/mol. The predicted octanol–water partition coefficient (Wildman–Crippen LogP) is 2.86. The van der Waals surface area contributed by atoms with Gasteiger partial charge in [0, 0.05) is 11.8 Å². The Morgan fingerprint density at radius 3 is 2.26 bits per heavy atom. The molecular formula is C18H29N5O7S. The van der Waals surface area contributed by atoms with E-state index in [2.05, 4.69) is 10.3 Å². The zero-order valence-electron chi connectivity index (χ0n) is 18.3. The van der Waals surface area contributed by atoms with Crippen molar-refractivity contribution in [2.24, 2.45) is 5.73 Å². The number of guanidine groups is 1. The molecule has 2 amide bonds. The third-order valence-corrected chi connectivity index (χ3v) is 4.09. The normalized spacial score (nSPS) is 12.6. The summed E-state index contributed by atoms with van der Waals surface area (Å²) in [4.78, 5) is 44.8. The SMILES string of the molecule is CC(C)(C)OC(=O)N[C@@H](CCON(C(=N)N)C(=O)OC(C)(C)C)c1nc(C(=O)O)cs1. The van der Waals surface area contributed by atoms with Crippen molar-refractivity contribution in [2.75, 3.05) is 6.61 Å². The maximum Gasteiger partial charge on any atom is 0.442 e. The number of nitrogens with one attached hydrogen (secondary N) is 2. The number of nitrogens with two attached hydrogens (primary N) is 1. The highest BCUT2D eigenvalue weighted by molar-refractivity contribution is 7.09. The molecule has 0 aromatic carbocycles. The molecule has 0 radical (unpaired) electrons. The number of nitrogens with zero attached hydrogens (tertiary/aromatic N) is 2. The van der Waals surface area contributed by atoms with Crippen molar-refractivity contribution in [3.63, 3.8) is 0 Å². The molecule has 5 N–H and O–H groups in total. The van der Waals surface area contributed by atoms with Gasteiger partial charge in [0.25, 0.3) is 0 Å². The Labute approximate surface area is 184 Å². The van der Waals surface area contributed by atoms with Gasteiger partial charge in [-0.05, 0) is 41.5 Å². The number of carbonyl (C=O) groups excluding carboxylic acids is 2. The van der Waals surface area contributed by atoms with Crippen LogP contribution in [0.3, 0.4) is 0 Å². The highest BCUT2D eigenvalue weighted by Gasteiger charge is 2.27. The topological polar surface area (TPSA) is 177 Å². The number of amides is 2. The highest BCUT2D eigenvalue weighted by atomic mass is 32.1. The van der Waals surface area contributed by atoms with Gasteiger partial charge in [0.1, 0.15) is 16.2 Å². The fourth-order valence-electron chi connectivity index (χ4n) is 2.04. The van der Waals surface area contributed by atoms with E-state index in [0.717, 1.165) is 11.3 Å². The molecule has 1 aromatic heterocycles. The number of aromatic carboxylic acids is 1. The van der Waals surface area contributed by atoms with Crippen LogP contribution in [-0.2, 0) is 14.3 Å². The van der Waals surface area contributed by atoms with E-state index in [-0.39, 0.29) is 18.7 Å². The Kier molecular flexibility index (Phi) is 8.75. The molecule has 0 aliphatic carbocycles. The summed E-state index contributed by atoms with van der Waals surface area (Å²) in [6.07, 6.45) is -1.64. The number of thiazole rings is 1. The van der Waals surface area contributed by atoms with Gasteiger partial charge in [-0.1, -0.05) is 0 Å². The average molecular weight is 460 g/mol. The van der Waals surface area contributed by atoms with Crippen molar-refractivity contribution >= 4 is 35.5 Å². The maximum atomic E-state index is 12.2. The second-order valence-corrected chi connectivity index (χ2v) is 9.25. The number of carboxylic acid groups (broad SMARTS) is 1. The summed E-state index contributed by atoms with van der Waals surface area (Å²) in [5.41, 5.74) is 3.64. The van der Waals surface area contributed by atoms with Gasteiger partial charge in [-0.2, -0.15) is 0 Å². The predicted molar refractivity (Wildman–Crippen MR) is 112 cm³/mol. The monoisotopic (exact) mass is 459 g/mol. The Morgan fingerprint density at radius 1 is 1.23 bits per heavy atom. The molecule has 1 heterocycles. The van der Waals surface area contributed by atoms with Crippen LogP contribution in [0.4, 0.5) is 9.59 Å². The van der Waals surface area contributed by atoms with E-state index in [9.17, 15) is 14.4 Å². The van der Waals surface area contributed by atoms with Crippen LogP contribution in [0.5, 0.6) is 0 Å². The Bertz CT molecular complexity index is 813. The molecule has 0 unspecified atom stereocenters. The van der Waals surface area contributed by atoms with Crippen LogP contribution in [0.1, 0.15) is 69.5 Å². The van der Waals surface area contributed by atoms with Gasteiger partial charge in [0.2, 0.25) is 5.96 Å². The number of carboxylic acids is 1. The zero-order valence-corrected chi connectivity index (χ0v) is 19.2. The van der Waals surface area contributed by atoms with Crippen LogP contribution in [0.2, 0.25) is 0 Å². The molecule has 0 aliphatic rings. The molecule has 13 heteroatoms. The van der Waals surface area contributed by atoms with Gasteiger partial charge in [0.05, 0.1) is 12.6 Å². The van der Waals surface area contributed by atoms with Crippen molar-refractivity contribution in [2.45, 2.75) is 65.2 Å². The molecule has 0 bridgehead atoms. The summed E-state index contributed by atoms with van der Waals surface area (Å²) in [6.45, 7) is 9.85. The third-order valence-electron chi connectivity index (χ3n) is 3.14. The highest BCUT2D eigenvalue weighted by Crippen LogP contribution is 2.23. The van der Waals surface area contributed by atoms with E-state index in [0.29, 0.717) is 10.1 Å². The van der Waals surface area contributed by atoms with Crippen molar-refractivity contribution in [3.8, 4) is 0 Å². The zero-order chi connectivity index (χ0) is 24.0. The summed E-state index contributed by atoms with van der Waals surface area (Å²) in [6, 6.07) is -0.777. The van der Waals surface area contributed by atoms with E-state index >= 15 is 0 Å². The fraction of sp³-hybridized carbons (Fsp3) is 0.611. The summed E-state index contributed by atoms with van der Waals surface area (Å²) < 4.78 is 10.4. The van der Waals surface area contributed by atoms with E-state index in [1.165, 1.54) is 5.38 Å². The first kappa shape index (κ1) is 26.1. The number of rotatable bonds is 7. The number of alkyl carbamates (subject to hydrolysis) is 1. The molecule has 1 rings (SSSR count).